The van der Waals surface area contributed by atoms with Crippen LogP contribution in [0.3, 0.4) is 0 Å². The molecule has 1 aliphatic rings. The molecule has 2 aromatic carbocycles. The number of hydrogen-bond donors (Lipinski definition) is 1. The van der Waals surface area contributed by atoms with Crippen LogP contribution in [0.2, 0.25) is 0 Å². The van der Waals surface area contributed by atoms with Gasteiger partial charge in [0.1, 0.15) is 18.2 Å². The average Bonchev–Trinajstić information content (AvgIpc) is 3.10. The zero-order valence-corrected chi connectivity index (χ0v) is 15.9. The Balaban J connectivity index is 1.60. The van der Waals surface area contributed by atoms with Crippen LogP contribution >= 0.6 is 0 Å². The van der Waals surface area contributed by atoms with E-state index < -0.39 is 10.0 Å². The fourth-order valence-corrected chi connectivity index (χ4v) is 4.34. The van der Waals surface area contributed by atoms with Gasteiger partial charge in [-0.1, -0.05) is 0 Å². The number of imidazole rings is 1. The van der Waals surface area contributed by atoms with Crippen LogP contribution in [-0.2, 0) is 21.4 Å². The van der Waals surface area contributed by atoms with E-state index in [0.717, 1.165) is 16.9 Å². The third-order valence-electron chi connectivity index (χ3n) is 4.68. The summed E-state index contributed by atoms with van der Waals surface area (Å²) in [7, 11) is -2.11. The Bertz CT molecular complexity index is 1160. The van der Waals surface area contributed by atoms with Crippen LogP contribution in [0.15, 0.2) is 47.4 Å². The van der Waals surface area contributed by atoms with Crippen molar-refractivity contribution in [2.24, 2.45) is 0 Å². The molecule has 1 N–H and O–H groups in total. The molecule has 2 heterocycles. The van der Waals surface area contributed by atoms with Gasteiger partial charge in [0.25, 0.3) is 0 Å². The van der Waals surface area contributed by atoms with Crippen LogP contribution in [0.25, 0.3) is 11.0 Å². The van der Waals surface area contributed by atoms with Crippen molar-refractivity contribution in [3.63, 3.8) is 0 Å². The highest BCUT2D eigenvalue weighted by Gasteiger charge is 2.26. The molecule has 4 rings (SSSR count). The number of fused-ring (bicyclic) bond motifs is 3. The minimum absolute atomic E-state index is 0.112. The molecule has 144 valence electrons. The molecule has 0 amide bonds. The van der Waals surface area contributed by atoms with Crippen molar-refractivity contribution in [3.8, 4) is 11.8 Å². The summed E-state index contributed by atoms with van der Waals surface area (Å²) in [5, 5.41) is 8.85. The summed E-state index contributed by atoms with van der Waals surface area (Å²) in [6.07, 6.45) is 0. The monoisotopic (exact) mass is 398 g/mol. The number of rotatable bonds is 5. The summed E-state index contributed by atoms with van der Waals surface area (Å²) in [5.74, 6) is 1.45. The quantitative estimate of drug-likeness (QED) is 0.704. The van der Waals surface area contributed by atoms with E-state index >= 15 is 0 Å². The van der Waals surface area contributed by atoms with Gasteiger partial charge in [-0.3, -0.25) is 0 Å². The first-order chi connectivity index (χ1) is 13.5. The van der Waals surface area contributed by atoms with Crippen molar-refractivity contribution in [3.05, 3.63) is 53.9 Å². The van der Waals surface area contributed by atoms with Crippen LogP contribution in [0.5, 0.6) is 5.75 Å². The number of nitrogens with one attached hydrogen (secondary N) is 1. The molecule has 0 fully saturated rings. The molecule has 3 aromatic rings. The molecule has 0 bridgehead atoms. The molecule has 1 atom stereocenters. The molecule has 28 heavy (non-hydrogen) atoms. The first kappa shape index (κ1) is 18.4. The van der Waals surface area contributed by atoms with Gasteiger partial charge in [-0.05, 0) is 36.4 Å². The molecule has 8 nitrogen and oxygen atoms in total. The lowest BCUT2D eigenvalue weighted by molar-refractivity contribution is 0.0581. The van der Waals surface area contributed by atoms with E-state index in [4.69, 9.17) is 14.7 Å². The van der Waals surface area contributed by atoms with Gasteiger partial charge in [0.2, 0.25) is 10.0 Å². The van der Waals surface area contributed by atoms with Gasteiger partial charge in [-0.2, -0.15) is 5.26 Å². The fourth-order valence-electron chi connectivity index (χ4n) is 3.27. The minimum Gasteiger partial charge on any atom is -0.497 e. The Morgan fingerprint density at radius 1 is 1.32 bits per heavy atom. The predicted octanol–water partition coefficient (Wildman–Crippen LogP) is 1.97. The van der Waals surface area contributed by atoms with E-state index in [1.807, 2.05) is 28.8 Å². The summed E-state index contributed by atoms with van der Waals surface area (Å²) in [6.45, 7) is 0.888. The summed E-state index contributed by atoms with van der Waals surface area (Å²) >= 11 is 0. The largest absolute Gasteiger partial charge is 0.497 e. The van der Waals surface area contributed by atoms with E-state index in [2.05, 4.69) is 9.71 Å². The fraction of sp³-hybridized carbons (Fsp3) is 0.263. The van der Waals surface area contributed by atoms with Crippen molar-refractivity contribution in [2.45, 2.75) is 17.5 Å². The van der Waals surface area contributed by atoms with Gasteiger partial charge < -0.3 is 14.0 Å². The number of nitriles is 1. The van der Waals surface area contributed by atoms with Crippen molar-refractivity contribution >= 4 is 21.1 Å². The van der Waals surface area contributed by atoms with Crippen LogP contribution in [0.4, 0.5) is 0 Å². The Hall–Kier alpha value is -2.93. The highest BCUT2D eigenvalue weighted by molar-refractivity contribution is 7.89. The van der Waals surface area contributed by atoms with Crippen molar-refractivity contribution in [1.82, 2.24) is 14.3 Å². The van der Waals surface area contributed by atoms with Crippen LogP contribution in [-0.4, -0.2) is 38.2 Å². The second-order valence-corrected chi connectivity index (χ2v) is 8.18. The van der Waals surface area contributed by atoms with Crippen LogP contribution in [0, 0.1) is 11.3 Å². The third kappa shape index (κ3) is 3.33. The number of benzene rings is 2. The molecule has 0 saturated heterocycles. The Morgan fingerprint density at radius 2 is 2.11 bits per heavy atom. The Morgan fingerprint density at radius 3 is 2.82 bits per heavy atom. The van der Waals surface area contributed by atoms with Gasteiger partial charge in [0.05, 0.1) is 47.3 Å². The number of aromatic nitrogens is 2. The van der Waals surface area contributed by atoms with E-state index in [9.17, 15) is 8.42 Å². The molecule has 9 heteroatoms. The highest BCUT2D eigenvalue weighted by atomic mass is 32.2. The SMILES string of the molecule is COc1ccc2nc3n(c2c1)[C@@H](CNS(=O)(=O)c1ccc(C#N)cc1)COC3. The van der Waals surface area contributed by atoms with Gasteiger partial charge in [-0.25, -0.2) is 18.1 Å². The van der Waals surface area contributed by atoms with Crippen LogP contribution in [0.1, 0.15) is 17.4 Å². The van der Waals surface area contributed by atoms with E-state index in [-0.39, 0.29) is 17.5 Å². The lowest BCUT2D eigenvalue weighted by Gasteiger charge is -2.26. The molecule has 0 unspecified atom stereocenters. The molecule has 1 aromatic heterocycles. The van der Waals surface area contributed by atoms with Crippen LogP contribution < -0.4 is 9.46 Å². The molecular weight excluding hydrogens is 380 g/mol. The number of sulfonamides is 1. The smallest absolute Gasteiger partial charge is 0.240 e. The lowest BCUT2D eigenvalue weighted by atomic mass is 10.2. The number of nitrogens with zero attached hydrogens (tertiary/aromatic N) is 3. The first-order valence-corrected chi connectivity index (χ1v) is 10.1. The number of hydrogen-bond acceptors (Lipinski definition) is 6. The first-order valence-electron chi connectivity index (χ1n) is 8.64. The molecular formula is C19H18N4O4S. The predicted molar refractivity (Wildman–Crippen MR) is 101 cm³/mol. The molecule has 1 aliphatic heterocycles. The average molecular weight is 398 g/mol. The minimum atomic E-state index is -3.71. The van der Waals surface area contributed by atoms with Gasteiger partial charge in [0, 0.05) is 12.6 Å². The number of ether oxygens (including phenoxy) is 2. The van der Waals surface area contributed by atoms with Gasteiger partial charge in [0.15, 0.2) is 0 Å². The molecule has 0 aliphatic carbocycles. The van der Waals surface area contributed by atoms with E-state index in [1.165, 1.54) is 24.3 Å². The third-order valence-corrected chi connectivity index (χ3v) is 6.12. The van der Waals surface area contributed by atoms with Crippen molar-refractivity contribution < 1.29 is 17.9 Å². The highest BCUT2D eigenvalue weighted by Crippen LogP contribution is 2.28. The Labute approximate surface area is 162 Å². The maximum absolute atomic E-state index is 12.6. The summed E-state index contributed by atoms with van der Waals surface area (Å²) in [4.78, 5) is 4.69. The summed E-state index contributed by atoms with van der Waals surface area (Å²) < 4.78 is 40.8. The van der Waals surface area contributed by atoms with E-state index in [1.54, 1.807) is 7.11 Å². The van der Waals surface area contributed by atoms with Gasteiger partial charge in [-0.15, -0.1) is 0 Å². The summed E-state index contributed by atoms with van der Waals surface area (Å²) in [6, 6.07) is 13.1. The zero-order chi connectivity index (χ0) is 19.7. The standard InChI is InChI=1S/C19H18N4O4S/c1-26-15-4-7-17-18(8-15)23-14(11-27-12-19(23)22-17)10-21-28(24,25)16-5-2-13(9-20)3-6-16/h2-8,14,21H,10-12H2,1H3/t14-/m0/s1. The summed E-state index contributed by atoms with van der Waals surface area (Å²) in [5.41, 5.74) is 2.09. The van der Waals surface area contributed by atoms with Crippen molar-refractivity contribution in [2.75, 3.05) is 20.3 Å². The zero-order valence-electron chi connectivity index (χ0n) is 15.1. The topological polar surface area (TPSA) is 106 Å². The number of methoxy groups -OCH3 is 1. The molecule has 0 spiro atoms. The second kappa shape index (κ2) is 7.24. The van der Waals surface area contributed by atoms with Gasteiger partial charge >= 0.3 is 0 Å². The molecule has 0 radical (unpaired) electrons. The maximum Gasteiger partial charge on any atom is 0.240 e. The lowest BCUT2D eigenvalue weighted by Crippen LogP contribution is -2.35. The molecule has 0 saturated carbocycles. The Kier molecular flexibility index (Phi) is 4.77. The van der Waals surface area contributed by atoms with Crippen molar-refractivity contribution in [1.29, 1.82) is 5.26 Å². The maximum atomic E-state index is 12.6. The van der Waals surface area contributed by atoms with E-state index in [0.29, 0.717) is 24.5 Å². The normalized spacial score (nSPS) is 16.5. The second-order valence-electron chi connectivity index (χ2n) is 6.41.